The first-order valence-corrected chi connectivity index (χ1v) is 6.13. The van der Waals surface area contributed by atoms with E-state index in [1.54, 1.807) is 37.0 Å². The molecule has 0 radical (unpaired) electrons. The molecule has 1 aromatic heterocycles. The first-order valence-electron chi connectivity index (χ1n) is 6.13. The Balaban J connectivity index is 2.67. The molecule has 0 fully saturated rings. The number of carboxylic acids is 1. The van der Waals surface area contributed by atoms with Crippen molar-refractivity contribution in [2.75, 3.05) is 13.1 Å². The molecular formula is C13H19N3O3. The molecule has 1 N–H and O–H groups in total. The summed E-state index contributed by atoms with van der Waals surface area (Å²) in [6.45, 7) is 4.10. The lowest BCUT2D eigenvalue weighted by molar-refractivity contribution is -0.142. The van der Waals surface area contributed by atoms with Crippen molar-refractivity contribution in [1.82, 2.24) is 14.7 Å². The summed E-state index contributed by atoms with van der Waals surface area (Å²) in [5, 5.41) is 12.9. The van der Waals surface area contributed by atoms with Crippen molar-refractivity contribution >= 4 is 18.0 Å². The third-order valence-electron chi connectivity index (χ3n) is 2.86. The summed E-state index contributed by atoms with van der Waals surface area (Å²) in [5.41, 5.74) is 0.815. The zero-order valence-corrected chi connectivity index (χ0v) is 11.4. The number of likely N-dealkylation sites (N-methyl/N-ethyl adjacent to an activating group) is 1. The van der Waals surface area contributed by atoms with Gasteiger partial charge in [0.25, 0.3) is 0 Å². The first kappa shape index (κ1) is 14.9. The van der Waals surface area contributed by atoms with Gasteiger partial charge in [0.2, 0.25) is 5.91 Å². The van der Waals surface area contributed by atoms with Crippen LogP contribution in [-0.4, -0.2) is 44.8 Å². The highest BCUT2D eigenvalue weighted by Crippen LogP contribution is 2.04. The van der Waals surface area contributed by atoms with E-state index < -0.39 is 11.9 Å². The van der Waals surface area contributed by atoms with Gasteiger partial charge in [0, 0.05) is 32.4 Å². The number of carbonyl (C=O) groups is 2. The summed E-state index contributed by atoms with van der Waals surface area (Å²) in [7, 11) is 1.79. The van der Waals surface area contributed by atoms with Gasteiger partial charge in [-0.25, -0.2) is 0 Å². The summed E-state index contributed by atoms with van der Waals surface area (Å²) in [5.74, 6) is -1.67. The number of aryl methyl sites for hydroxylation is 1. The molecule has 19 heavy (non-hydrogen) atoms. The second kappa shape index (κ2) is 6.72. The molecule has 0 aliphatic carbocycles. The van der Waals surface area contributed by atoms with Gasteiger partial charge in [-0.15, -0.1) is 0 Å². The van der Waals surface area contributed by atoms with E-state index in [1.807, 2.05) is 6.92 Å². The third kappa shape index (κ3) is 4.24. The van der Waals surface area contributed by atoms with Crippen molar-refractivity contribution < 1.29 is 14.7 Å². The van der Waals surface area contributed by atoms with E-state index in [2.05, 4.69) is 5.10 Å². The van der Waals surface area contributed by atoms with Gasteiger partial charge in [0.15, 0.2) is 0 Å². The minimum absolute atomic E-state index is 0.197. The predicted octanol–water partition coefficient (Wildman–Crippen LogP) is 1.00. The molecule has 1 aromatic rings. The summed E-state index contributed by atoms with van der Waals surface area (Å²) in [6, 6.07) is 1.79. The van der Waals surface area contributed by atoms with Crippen LogP contribution in [0.15, 0.2) is 18.3 Å². The normalized spacial score (nSPS) is 12.6. The Hall–Kier alpha value is -2.11. The van der Waals surface area contributed by atoms with Crippen LogP contribution in [-0.2, 0) is 16.6 Å². The highest BCUT2D eigenvalue weighted by Gasteiger charge is 2.17. The first-order chi connectivity index (χ1) is 8.95. The van der Waals surface area contributed by atoms with E-state index in [1.165, 1.54) is 11.0 Å². The fourth-order valence-corrected chi connectivity index (χ4v) is 1.59. The van der Waals surface area contributed by atoms with Crippen LogP contribution in [0.25, 0.3) is 6.08 Å². The van der Waals surface area contributed by atoms with E-state index in [0.29, 0.717) is 6.54 Å². The third-order valence-corrected chi connectivity index (χ3v) is 2.86. The Morgan fingerprint density at radius 3 is 2.74 bits per heavy atom. The van der Waals surface area contributed by atoms with Crippen LogP contribution >= 0.6 is 0 Å². The molecule has 1 amide bonds. The Kier molecular flexibility index (Phi) is 5.29. The molecular weight excluding hydrogens is 246 g/mol. The lowest BCUT2D eigenvalue weighted by atomic mass is 10.1. The van der Waals surface area contributed by atoms with Crippen molar-refractivity contribution in [3.63, 3.8) is 0 Å². The second-order valence-electron chi connectivity index (χ2n) is 4.33. The molecule has 0 aromatic carbocycles. The van der Waals surface area contributed by atoms with Crippen molar-refractivity contribution in [2.45, 2.75) is 13.8 Å². The van der Waals surface area contributed by atoms with Gasteiger partial charge in [0.1, 0.15) is 0 Å². The van der Waals surface area contributed by atoms with E-state index in [4.69, 9.17) is 5.11 Å². The average Bonchev–Trinajstić information content (AvgIpc) is 2.78. The summed E-state index contributed by atoms with van der Waals surface area (Å²) < 4.78 is 1.65. The van der Waals surface area contributed by atoms with Crippen LogP contribution in [0.4, 0.5) is 0 Å². The fourth-order valence-electron chi connectivity index (χ4n) is 1.59. The quantitative estimate of drug-likeness (QED) is 0.779. The van der Waals surface area contributed by atoms with Gasteiger partial charge in [-0.1, -0.05) is 6.92 Å². The molecule has 1 unspecified atom stereocenters. The highest BCUT2D eigenvalue weighted by molar-refractivity contribution is 5.91. The Morgan fingerprint density at radius 2 is 2.26 bits per heavy atom. The molecule has 0 saturated carbocycles. The number of amides is 1. The summed E-state index contributed by atoms with van der Waals surface area (Å²) in [6.07, 6.45) is 4.76. The molecule has 1 rings (SSSR count). The molecule has 0 spiro atoms. The summed E-state index contributed by atoms with van der Waals surface area (Å²) in [4.78, 5) is 24.3. The molecule has 0 aliphatic heterocycles. The Labute approximate surface area is 112 Å². The number of aliphatic carboxylic acids is 1. The number of carbonyl (C=O) groups excluding carboxylic acids is 1. The van der Waals surface area contributed by atoms with Gasteiger partial charge >= 0.3 is 5.97 Å². The van der Waals surface area contributed by atoms with Gasteiger partial charge in [-0.3, -0.25) is 14.3 Å². The van der Waals surface area contributed by atoms with Crippen molar-refractivity contribution in [2.24, 2.45) is 13.0 Å². The highest BCUT2D eigenvalue weighted by atomic mass is 16.4. The van der Waals surface area contributed by atoms with Gasteiger partial charge in [-0.05, 0) is 19.1 Å². The maximum Gasteiger partial charge on any atom is 0.308 e. The molecule has 1 atom stereocenters. The molecule has 0 aliphatic rings. The van der Waals surface area contributed by atoms with Crippen LogP contribution in [0, 0.1) is 5.92 Å². The van der Waals surface area contributed by atoms with Crippen molar-refractivity contribution in [3.05, 3.63) is 24.0 Å². The van der Waals surface area contributed by atoms with E-state index in [0.717, 1.165) is 5.69 Å². The number of aromatic nitrogens is 2. The smallest absolute Gasteiger partial charge is 0.308 e. The monoisotopic (exact) mass is 265 g/mol. The van der Waals surface area contributed by atoms with Crippen LogP contribution in [0.1, 0.15) is 19.5 Å². The second-order valence-corrected chi connectivity index (χ2v) is 4.33. The van der Waals surface area contributed by atoms with Gasteiger partial charge in [-0.2, -0.15) is 5.10 Å². The maximum atomic E-state index is 12.0. The van der Waals surface area contributed by atoms with Crippen LogP contribution < -0.4 is 0 Å². The number of hydrogen-bond acceptors (Lipinski definition) is 3. The summed E-state index contributed by atoms with van der Waals surface area (Å²) >= 11 is 0. The number of rotatable bonds is 6. The van der Waals surface area contributed by atoms with Crippen molar-refractivity contribution in [1.29, 1.82) is 0 Å². The SMILES string of the molecule is CCN(CC(C)C(=O)O)C(=O)C=Cc1ccnn1C. The number of hydrogen-bond donors (Lipinski definition) is 1. The zero-order chi connectivity index (χ0) is 14.4. The number of carboxylic acid groups (broad SMARTS) is 1. The van der Waals surface area contributed by atoms with Crippen LogP contribution in [0.5, 0.6) is 0 Å². The minimum Gasteiger partial charge on any atom is -0.481 e. The molecule has 104 valence electrons. The maximum absolute atomic E-state index is 12.0. The molecule has 0 saturated heterocycles. The van der Waals surface area contributed by atoms with E-state index in [-0.39, 0.29) is 12.5 Å². The topological polar surface area (TPSA) is 75.4 Å². The van der Waals surface area contributed by atoms with Gasteiger partial charge in [0.05, 0.1) is 11.6 Å². The number of nitrogens with zero attached hydrogens (tertiary/aromatic N) is 3. The standard InChI is InChI=1S/C13H19N3O3/c1-4-16(9-10(2)13(18)19)12(17)6-5-11-7-8-14-15(11)3/h5-8,10H,4,9H2,1-3H3,(H,18,19). The van der Waals surface area contributed by atoms with Gasteiger partial charge < -0.3 is 10.0 Å². The lowest BCUT2D eigenvalue weighted by Gasteiger charge is -2.21. The Morgan fingerprint density at radius 1 is 1.58 bits per heavy atom. The zero-order valence-electron chi connectivity index (χ0n) is 11.4. The van der Waals surface area contributed by atoms with Crippen LogP contribution in [0.3, 0.4) is 0 Å². The molecule has 0 bridgehead atoms. The molecule has 6 nitrogen and oxygen atoms in total. The molecule has 6 heteroatoms. The van der Waals surface area contributed by atoms with Crippen LogP contribution in [0.2, 0.25) is 0 Å². The van der Waals surface area contributed by atoms with E-state index >= 15 is 0 Å². The largest absolute Gasteiger partial charge is 0.481 e. The Bertz CT molecular complexity index is 479. The fraction of sp³-hybridized carbons (Fsp3) is 0.462. The average molecular weight is 265 g/mol. The lowest BCUT2D eigenvalue weighted by Crippen LogP contribution is -2.35. The predicted molar refractivity (Wildman–Crippen MR) is 71.3 cm³/mol. The minimum atomic E-state index is -0.901. The molecule has 1 heterocycles. The van der Waals surface area contributed by atoms with E-state index in [9.17, 15) is 9.59 Å². The van der Waals surface area contributed by atoms with Crippen molar-refractivity contribution in [3.8, 4) is 0 Å².